The Morgan fingerprint density at radius 1 is 1.10 bits per heavy atom. The summed E-state index contributed by atoms with van der Waals surface area (Å²) < 4.78 is 18.3. The van der Waals surface area contributed by atoms with Crippen LogP contribution in [0.3, 0.4) is 0 Å². The highest BCUT2D eigenvalue weighted by Gasteiger charge is 2.07. The fourth-order valence-electron chi connectivity index (χ4n) is 1.75. The van der Waals surface area contributed by atoms with E-state index in [1.165, 1.54) is 23.9 Å². The number of rotatable bonds is 8. The predicted octanol–water partition coefficient (Wildman–Crippen LogP) is 2.46. The van der Waals surface area contributed by atoms with Crippen LogP contribution in [0, 0.1) is 5.82 Å². The summed E-state index contributed by atoms with van der Waals surface area (Å²) in [5.41, 5.74) is 4.85. The number of unbranched alkanes of at least 4 members (excludes halogenated alkanes) is 2. The number of thioether (sulfide) groups is 1. The van der Waals surface area contributed by atoms with Crippen LogP contribution in [0.25, 0.3) is 0 Å². The minimum Gasteiger partial charge on any atom is -0.416 e. The molecule has 0 atom stereocenters. The van der Waals surface area contributed by atoms with Crippen molar-refractivity contribution < 1.29 is 14.5 Å². The van der Waals surface area contributed by atoms with Crippen LogP contribution in [0.5, 0.6) is 0 Å². The van der Waals surface area contributed by atoms with E-state index in [0.717, 1.165) is 37.8 Å². The minimum atomic E-state index is -0.221. The highest BCUT2D eigenvalue weighted by Crippen LogP contribution is 2.22. The van der Waals surface area contributed by atoms with Gasteiger partial charge >= 0.3 is 0 Å². The molecule has 0 bridgehead atoms. The van der Waals surface area contributed by atoms with Crippen LogP contribution in [0.1, 0.15) is 30.7 Å². The highest BCUT2D eigenvalue weighted by molar-refractivity contribution is 7.98. The third kappa shape index (κ3) is 4.94. The van der Waals surface area contributed by atoms with Crippen molar-refractivity contribution in [2.24, 2.45) is 0 Å². The first-order valence-corrected chi connectivity index (χ1v) is 7.75. The van der Waals surface area contributed by atoms with Gasteiger partial charge in [0.25, 0.3) is 5.22 Å². The molecule has 0 aliphatic rings. The van der Waals surface area contributed by atoms with Crippen LogP contribution in [-0.2, 0) is 12.2 Å². The highest BCUT2D eigenvalue weighted by atomic mass is 32.2. The smallest absolute Gasteiger partial charge is 0.276 e. The maximum Gasteiger partial charge on any atom is 0.276 e. The zero-order valence-corrected chi connectivity index (χ0v) is 12.2. The summed E-state index contributed by atoms with van der Waals surface area (Å²) in [6, 6.07) is 6.44. The van der Waals surface area contributed by atoms with Gasteiger partial charge in [-0.3, -0.25) is 0 Å². The number of quaternary nitrogens is 1. The van der Waals surface area contributed by atoms with Crippen LogP contribution < -0.4 is 5.73 Å². The van der Waals surface area contributed by atoms with E-state index in [9.17, 15) is 4.39 Å². The third-order valence-electron chi connectivity index (χ3n) is 2.86. The van der Waals surface area contributed by atoms with Gasteiger partial charge in [-0.25, -0.2) is 4.39 Å². The Morgan fingerprint density at radius 3 is 2.65 bits per heavy atom. The molecule has 0 saturated heterocycles. The summed E-state index contributed by atoms with van der Waals surface area (Å²) in [5, 5.41) is 8.61. The lowest BCUT2D eigenvalue weighted by Gasteiger charge is -1.97. The largest absolute Gasteiger partial charge is 0.416 e. The van der Waals surface area contributed by atoms with Gasteiger partial charge in [0.15, 0.2) is 0 Å². The fourth-order valence-corrected chi connectivity index (χ4v) is 2.49. The summed E-state index contributed by atoms with van der Waals surface area (Å²) in [7, 11) is 0. The van der Waals surface area contributed by atoms with Gasteiger partial charge in [-0.05, 0) is 37.0 Å². The van der Waals surface area contributed by atoms with Crippen LogP contribution in [0.2, 0.25) is 0 Å². The molecule has 1 heterocycles. The normalized spacial score (nSPS) is 10.9. The van der Waals surface area contributed by atoms with E-state index in [0.29, 0.717) is 16.9 Å². The van der Waals surface area contributed by atoms with Gasteiger partial charge in [-0.1, -0.05) is 23.9 Å². The van der Waals surface area contributed by atoms with Gasteiger partial charge in [0, 0.05) is 12.2 Å². The second-order valence-electron chi connectivity index (χ2n) is 4.54. The second-order valence-corrected chi connectivity index (χ2v) is 5.47. The maximum absolute atomic E-state index is 12.8. The lowest BCUT2D eigenvalue weighted by atomic mass is 10.2. The molecule has 4 nitrogen and oxygen atoms in total. The van der Waals surface area contributed by atoms with E-state index in [2.05, 4.69) is 15.9 Å². The number of benzene rings is 1. The van der Waals surface area contributed by atoms with Crippen molar-refractivity contribution in [2.75, 3.05) is 6.54 Å². The zero-order chi connectivity index (χ0) is 14.2. The van der Waals surface area contributed by atoms with Gasteiger partial charge in [0.1, 0.15) is 5.82 Å². The average Bonchev–Trinajstić information content (AvgIpc) is 2.91. The third-order valence-corrected chi connectivity index (χ3v) is 3.75. The monoisotopic (exact) mass is 296 g/mol. The molecule has 3 N–H and O–H groups in total. The van der Waals surface area contributed by atoms with Crippen LogP contribution in [0.4, 0.5) is 4.39 Å². The van der Waals surface area contributed by atoms with Gasteiger partial charge in [0.2, 0.25) is 5.89 Å². The average molecular weight is 296 g/mol. The summed E-state index contributed by atoms with van der Waals surface area (Å²) in [5.74, 6) is 1.17. The first-order valence-electron chi connectivity index (χ1n) is 6.77. The molecule has 0 spiro atoms. The van der Waals surface area contributed by atoms with Crippen LogP contribution in [-0.4, -0.2) is 16.7 Å². The predicted molar refractivity (Wildman–Crippen MR) is 75.6 cm³/mol. The quantitative estimate of drug-likeness (QED) is 0.600. The lowest BCUT2D eigenvalue weighted by Crippen LogP contribution is -2.50. The molecule has 0 saturated carbocycles. The minimum absolute atomic E-state index is 0.221. The number of nitrogens with zero attached hydrogens (tertiary/aromatic N) is 2. The second kappa shape index (κ2) is 8.01. The van der Waals surface area contributed by atoms with Gasteiger partial charge < -0.3 is 10.2 Å². The number of aryl methyl sites for hydroxylation is 1. The summed E-state index contributed by atoms with van der Waals surface area (Å²) in [4.78, 5) is 0. The molecule has 0 aliphatic heterocycles. The van der Waals surface area contributed by atoms with E-state index < -0.39 is 0 Å². The Hall–Kier alpha value is -1.40. The topological polar surface area (TPSA) is 66.6 Å². The van der Waals surface area contributed by atoms with E-state index in [1.807, 2.05) is 0 Å². The van der Waals surface area contributed by atoms with Crippen molar-refractivity contribution in [1.29, 1.82) is 0 Å². The first kappa shape index (κ1) is 15.0. The standard InChI is InChI=1S/C14H18FN3OS/c15-12-7-5-11(6-8-12)10-20-14-18-17-13(19-14)4-2-1-3-9-16/h5-8H,1-4,9-10,16H2/p+1. The van der Waals surface area contributed by atoms with Crippen molar-refractivity contribution in [1.82, 2.24) is 10.2 Å². The molecule has 0 amide bonds. The van der Waals surface area contributed by atoms with Gasteiger partial charge in [0.05, 0.1) is 6.54 Å². The molecule has 20 heavy (non-hydrogen) atoms. The molecule has 2 rings (SSSR count). The lowest BCUT2D eigenvalue weighted by molar-refractivity contribution is -0.368. The van der Waals surface area contributed by atoms with Crippen LogP contribution in [0.15, 0.2) is 33.9 Å². The SMILES string of the molecule is [NH3+]CCCCCc1nnc(SCc2ccc(F)cc2)o1. The molecule has 6 heteroatoms. The number of hydrogen-bond acceptors (Lipinski definition) is 4. The van der Waals surface area contributed by atoms with Crippen molar-refractivity contribution in [3.63, 3.8) is 0 Å². The van der Waals surface area contributed by atoms with Crippen molar-refractivity contribution in [2.45, 2.75) is 36.7 Å². The molecule has 0 unspecified atom stereocenters. The summed E-state index contributed by atoms with van der Waals surface area (Å²) in [6.07, 6.45) is 4.16. The number of aromatic nitrogens is 2. The molecule has 2 aromatic rings. The Morgan fingerprint density at radius 2 is 1.90 bits per heavy atom. The molecule has 0 aliphatic carbocycles. The first-order chi connectivity index (χ1) is 9.78. The fraction of sp³-hybridized carbons (Fsp3) is 0.429. The van der Waals surface area contributed by atoms with Crippen molar-refractivity contribution >= 4 is 11.8 Å². The Balaban J connectivity index is 1.76. The molecule has 0 fully saturated rings. The van der Waals surface area contributed by atoms with E-state index >= 15 is 0 Å². The molecular formula is C14H19FN3OS+. The Kier molecular flexibility index (Phi) is 6.01. The van der Waals surface area contributed by atoms with E-state index in [4.69, 9.17) is 4.42 Å². The Bertz CT molecular complexity index is 515. The van der Waals surface area contributed by atoms with Crippen molar-refractivity contribution in [3.05, 3.63) is 41.5 Å². The molecule has 1 aromatic carbocycles. The molecule has 1 aromatic heterocycles. The van der Waals surface area contributed by atoms with E-state index in [1.54, 1.807) is 12.1 Å². The summed E-state index contributed by atoms with van der Waals surface area (Å²) >= 11 is 1.47. The van der Waals surface area contributed by atoms with Gasteiger partial charge in [-0.15, -0.1) is 10.2 Å². The van der Waals surface area contributed by atoms with Crippen molar-refractivity contribution in [3.8, 4) is 0 Å². The summed E-state index contributed by atoms with van der Waals surface area (Å²) in [6.45, 7) is 0.975. The van der Waals surface area contributed by atoms with E-state index in [-0.39, 0.29) is 5.82 Å². The molecule has 0 radical (unpaired) electrons. The number of hydrogen-bond donors (Lipinski definition) is 1. The van der Waals surface area contributed by atoms with Crippen LogP contribution >= 0.6 is 11.8 Å². The maximum atomic E-state index is 12.8. The molecular weight excluding hydrogens is 277 g/mol. The molecule has 108 valence electrons. The van der Waals surface area contributed by atoms with Gasteiger partial charge in [-0.2, -0.15) is 0 Å². The Labute approximate surface area is 122 Å². The zero-order valence-electron chi connectivity index (χ0n) is 11.3. The number of halogens is 1.